The van der Waals surface area contributed by atoms with Crippen LogP contribution in [-0.4, -0.2) is 57.6 Å². The Bertz CT molecular complexity index is 1020. The van der Waals surface area contributed by atoms with Crippen LogP contribution in [0.4, 0.5) is 0 Å². The lowest BCUT2D eigenvalue weighted by Gasteiger charge is -2.34. The fourth-order valence-corrected chi connectivity index (χ4v) is 3.77. The predicted octanol–water partition coefficient (Wildman–Crippen LogP) is 3.54. The SMILES string of the molecule is Cc1c(C(=O)N2CCN(C(=O)c3ccccc3)CC2)cnn1-c1ccc(Br)cc1. The van der Waals surface area contributed by atoms with Gasteiger partial charge in [-0.1, -0.05) is 34.1 Å². The highest BCUT2D eigenvalue weighted by atomic mass is 79.9. The zero-order valence-electron chi connectivity index (χ0n) is 16.1. The molecule has 0 radical (unpaired) electrons. The predicted molar refractivity (Wildman–Crippen MR) is 114 cm³/mol. The Kier molecular flexibility index (Phi) is 5.49. The third-order valence-electron chi connectivity index (χ3n) is 5.19. The molecule has 0 N–H and O–H groups in total. The maximum Gasteiger partial charge on any atom is 0.257 e. The first-order chi connectivity index (χ1) is 14.0. The van der Waals surface area contributed by atoms with Gasteiger partial charge in [0, 0.05) is 36.2 Å². The summed E-state index contributed by atoms with van der Waals surface area (Å²) in [5.74, 6) is -0.0328. The zero-order valence-corrected chi connectivity index (χ0v) is 17.7. The van der Waals surface area contributed by atoms with Crippen LogP contribution >= 0.6 is 15.9 Å². The molecule has 0 spiro atoms. The number of hydrogen-bond acceptors (Lipinski definition) is 3. The molecule has 29 heavy (non-hydrogen) atoms. The maximum absolute atomic E-state index is 13.0. The summed E-state index contributed by atoms with van der Waals surface area (Å²) in [6, 6.07) is 17.0. The largest absolute Gasteiger partial charge is 0.335 e. The number of hydrogen-bond donors (Lipinski definition) is 0. The Hall–Kier alpha value is -2.93. The van der Waals surface area contributed by atoms with Crippen LogP contribution in [0, 0.1) is 6.92 Å². The van der Waals surface area contributed by atoms with Gasteiger partial charge in [-0.15, -0.1) is 0 Å². The number of benzene rings is 2. The van der Waals surface area contributed by atoms with Crippen LogP contribution in [0.5, 0.6) is 0 Å². The van der Waals surface area contributed by atoms with Crippen molar-refractivity contribution in [2.75, 3.05) is 26.2 Å². The summed E-state index contributed by atoms with van der Waals surface area (Å²) in [5, 5.41) is 4.40. The van der Waals surface area contributed by atoms with Crippen LogP contribution in [-0.2, 0) is 0 Å². The van der Waals surface area contributed by atoms with Gasteiger partial charge in [0.2, 0.25) is 0 Å². The van der Waals surface area contributed by atoms with Crippen LogP contribution in [0.25, 0.3) is 5.69 Å². The van der Waals surface area contributed by atoms with E-state index in [2.05, 4.69) is 21.0 Å². The van der Waals surface area contributed by atoms with Crippen molar-refractivity contribution in [2.24, 2.45) is 0 Å². The molecule has 0 atom stereocenters. The fourth-order valence-electron chi connectivity index (χ4n) is 3.51. The Morgan fingerprint density at radius 1 is 0.862 bits per heavy atom. The first kappa shape index (κ1) is 19.4. The zero-order chi connectivity index (χ0) is 20.4. The Balaban J connectivity index is 1.44. The van der Waals surface area contributed by atoms with Crippen molar-refractivity contribution in [3.63, 3.8) is 0 Å². The molecule has 1 saturated heterocycles. The molecular weight excluding hydrogens is 432 g/mol. The van der Waals surface area contributed by atoms with Gasteiger partial charge in [-0.25, -0.2) is 4.68 Å². The first-order valence-corrected chi connectivity index (χ1v) is 10.3. The van der Waals surface area contributed by atoms with E-state index < -0.39 is 0 Å². The van der Waals surface area contributed by atoms with Gasteiger partial charge in [-0.3, -0.25) is 9.59 Å². The summed E-state index contributed by atoms with van der Waals surface area (Å²) >= 11 is 3.43. The van der Waals surface area contributed by atoms with Crippen LogP contribution in [0.2, 0.25) is 0 Å². The van der Waals surface area contributed by atoms with E-state index in [9.17, 15) is 9.59 Å². The monoisotopic (exact) mass is 452 g/mol. The number of halogens is 1. The highest BCUT2D eigenvalue weighted by molar-refractivity contribution is 9.10. The summed E-state index contributed by atoms with van der Waals surface area (Å²) in [5.41, 5.74) is 2.98. The molecule has 0 bridgehead atoms. The number of rotatable bonds is 3. The lowest BCUT2D eigenvalue weighted by Crippen LogP contribution is -2.50. The van der Waals surface area contributed by atoms with Crippen molar-refractivity contribution in [1.29, 1.82) is 0 Å². The summed E-state index contributed by atoms with van der Waals surface area (Å²) in [4.78, 5) is 29.2. The van der Waals surface area contributed by atoms with Crippen LogP contribution in [0.1, 0.15) is 26.4 Å². The number of nitrogens with zero attached hydrogens (tertiary/aromatic N) is 4. The number of aromatic nitrogens is 2. The quantitative estimate of drug-likeness (QED) is 0.610. The highest BCUT2D eigenvalue weighted by Gasteiger charge is 2.27. The van der Waals surface area contributed by atoms with Gasteiger partial charge in [-0.05, 0) is 43.3 Å². The highest BCUT2D eigenvalue weighted by Crippen LogP contribution is 2.19. The van der Waals surface area contributed by atoms with Gasteiger partial charge in [-0.2, -0.15) is 5.10 Å². The molecule has 0 unspecified atom stereocenters. The molecule has 2 amide bonds. The normalized spacial score (nSPS) is 14.1. The van der Waals surface area contributed by atoms with Gasteiger partial charge >= 0.3 is 0 Å². The molecule has 2 heterocycles. The third-order valence-corrected chi connectivity index (χ3v) is 5.71. The lowest BCUT2D eigenvalue weighted by atomic mass is 10.1. The molecular formula is C22H21BrN4O2. The minimum absolute atomic E-state index is 0.0111. The molecule has 3 aromatic rings. The smallest absolute Gasteiger partial charge is 0.257 e. The molecule has 1 aliphatic rings. The molecule has 0 saturated carbocycles. The minimum Gasteiger partial charge on any atom is -0.335 e. The topological polar surface area (TPSA) is 58.4 Å². The molecule has 0 aliphatic carbocycles. The molecule has 6 nitrogen and oxygen atoms in total. The second-order valence-corrected chi connectivity index (χ2v) is 7.90. The Labute approximate surface area is 177 Å². The lowest BCUT2D eigenvalue weighted by molar-refractivity contribution is 0.0535. The first-order valence-electron chi connectivity index (χ1n) is 9.49. The average molecular weight is 453 g/mol. The number of amides is 2. The van der Waals surface area contributed by atoms with E-state index >= 15 is 0 Å². The summed E-state index contributed by atoms with van der Waals surface area (Å²) in [6.07, 6.45) is 1.63. The van der Waals surface area contributed by atoms with Crippen LogP contribution < -0.4 is 0 Å². The van der Waals surface area contributed by atoms with E-state index in [1.807, 2.05) is 61.5 Å². The Morgan fingerprint density at radius 2 is 1.45 bits per heavy atom. The van der Waals surface area contributed by atoms with Crippen molar-refractivity contribution >= 4 is 27.7 Å². The van der Waals surface area contributed by atoms with Crippen molar-refractivity contribution in [2.45, 2.75) is 6.92 Å². The van der Waals surface area contributed by atoms with Gasteiger partial charge in [0.05, 0.1) is 23.1 Å². The van der Waals surface area contributed by atoms with Gasteiger partial charge in [0.1, 0.15) is 0 Å². The van der Waals surface area contributed by atoms with Crippen LogP contribution in [0.3, 0.4) is 0 Å². The van der Waals surface area contributed by atoms with Gasteiger partial charge in [0.15, 0.2) is 0 Å². The van der Waals surface area contributed by atoms with Crippen LogP contribution in [0.15, 0.2) is 65.3 Å². The van der Waals surface area contributed by atoms with E-state index in [-0.39, 0.29) is 11.8 Å². The van der Waals surface area contributed by atoms with E-state index in [1.54, 1.807) is 20.7 Å². The van der Waals surface area contributed by atoms with Crippen molar-refractivity contribution < 1.29 is 9.59 Å². The molecule has 1 aromatic heterocycles. The molecule has 2 aromatic carbocycles. The van der Waals surface area contributed by atoms with E-state index in [0.717, 1.165) is 15.9 Å². The molecule has 1 aliphatic heterocycles. The van der Waals surface area contributed by atoms with Gasteiger partial charge in [0.25, 0.3) is 11.8 Å². The van der Waals surface area contributed by atoms with E-state index in [4.69, 9.17) is 0 Å². The van der Waals surface area contributed by atoms with Crippen molar-refractivity contribution in [3.8, 4) is 5.69 Å². The molecule has 148 valence electrons. The van der Waals surface area contributed by atoms with Gasteiger partial charge < -0.3 is 9.80 Å². The second-order valence-electron chi connectivity index (χ2n) is 6.98. The Morgan fingerprint density at radius 3 is 2.07 bits per heavy atom. The minimum atomic E-state index is -0.0438. The average Bonchev–Trinajstić information content (AvgIpc) is 3.15. The summed E-state index contributed by atoms with van der Waals surface area (Å²) in [7, 11) is 0. The molecule has 4 rings (SSSR count). The number of carbonyl (C=O) groups is 2. The number of carbonyl (C=O) groups excluding carboxylic acids is 2. The summed E-state index contributed by atoms with van der Waals surface area (Å²) < 4.78 is 2.76. The second kappa shape index (κ2) is 8.21. The standard InChI is InChI=1S/C22H21BrN4O2/c1-16-20(15-24-27(16)19-9-7-18(23)8-10-19)22(29)26-13-11-25(12-14-26)21(28)17-5-3-2-4-6-17/h2-10,15H,11-14H2,1H3. The van der Waals surface area contributed by atoms with E-state index in [1.165, 1.54) is 0 Å². The molecule has 7 heteroatoms. The maximum atomic E-state index is 13.0. The van der Waals surface area contributed by atoms with Crippen molar-refractivity contribution in [1.82, 2.24) is 19.6 Å². The van der Waals surface area contributed by atoms with Crippen molar-refractivity contribution in [3.05, 3.63) is 82.1 Å². The van der Waals surface area contributed by atoms with E-state index in [0.29, 0.717) is 37.3 Å². The molecule has 1 fully saturated rings. The number of piperazine rings is 1. The third kappa shape index (κ3) is 3.96. The fraction of sp³-hybridized carbons (Fsp3) is 0.227. The summed E-state index contributed by atoms with van der Waals surface area (Å²) in [6.45, 7) is 3.98.